The Morgan fingerprint density at radius 3 is 2.57 bits per heavy atom. The van der Waals surface area contributed by atoms with Gasteiger partial charge in [-0.3, -0.25) is 0 Å². The zero-order chi connectivity index (χ0) is 16.3. The van der Waals surface area contributed by atoms with Crippen LogP contribution < -0.4 is 0 Å². The van der Waals surface area contributed by atoms with Gasteiger partial charge in [-0.15, -0.1) is 0 Å². The standard InChI is InChI=1S/C18H24BrNO3/c1-16(23-15-17-5-3-2-4-6-17)14-22-12-11-21-10-9-20-8-7-18(19)13-20/h2-8,13,16H,9-12,14-15H2,1H3/t16-/m1/s1. The van der Waals surface area contributed by atoms with Gasteiger partial charge in [-0.1, -0.05) is 30.3 Å². The summed E-state index contributed by atoms with van der Waals surface area (Å²) >= 11 is 3.42. The third-order valence-corrected chi connectivity index (χ3v) is 3.78. The number of hydrogen-bond donors (Lipinski definition) is 0. The first-order valence-electron chi connectivity index (χ1n) is 7.86. The highest BCUT2D eigenvalue weighted by molar-refractivity contribution is 9.10. The Labute approximate surface area is 146 Å². The van der Waals surface area contributed by atoms with E-state index in [1.165, 1.54) is 5.56 Å². The highest BCUT2D eigenvalue weighted by atomic mass is 79.9. The molecule has 126 valence electrons. The maximum absolute atomic E-state index is 5.74. The van der Waals surface area contributed by atoms with Gasteiger partial charge in [0.15, 0.2) is 0 Å². The molecule has 23 heavy (non-hydrogen) atoms. The molecule has 0 bridgehead atoms. The Kier molecular flexibility index (Phi) is 8.39. The quantitative estimate of drug-likeness (QED) is 0.553. The van der Waals surface area contributed by atoms with Crippen LogP contribution in [0.15, 0.2) is 53.3 Å². The van der Waals surface area contributed by atoms with Gasteiger partial charge in [0.05, 0.1) is 39.1 Å². The summed E-state index contributed by atoms with van der Waals surface area (Å²) in [4.78, 5) is 0. The van der Waals surface area contributed by atoms with Crippen molar-refractivity contribution in [2.75, 3.05) is 26.4 Å². The van der Waals surface area contributed by atoms with Crippen LogP contribution in [0.25, 0.3) is 0 Å². The third kappa shape index (κ3) is 7.79. The monoisotopic (exact) mass is 381 g/mol. The average Bonchev–Trinajstić information content (AvgIpc) is 2.98. The Balaban J connectivity index is 1.44. The summed E-state index contributed by atoms with van der Waals surface area (Å²) < 4.78 is 20.1. The van der Waals surface area contributed by atoms with Gasteiger partial charge < -0.3 is 18.8 Å². The molecule has 2 rings (SSSR count). The second-order valence-electron chi connectivity index (χ2n) is 5.36. The van der Waals surface area contributed by atoms with Crippen molar-refractivity contribution in [1.29, 1.82) is 0 Å². The molecule has 0 aliphatic carbocycles. The zero-order valence-electron chi connectivity index (χ0n) is 13.5. The fourth-order valence-corrected chi connectivity index (χ4v) is 2.43. The molecule has 0 aliphatic rings. The van der Waals surface area contributed by atoms with Crippen LogP contribution in [0.2, 0.25) is 0 Å². The van der Waals surface area contributed by atoms with Crippen LogP contribution in [0.3, 0.4) is 0 Å². The fraction of sp³-hybridized carbons (Fsp3) is 0.444. The molecular formula is C18H24BrNO3. The summed E-state index contributed by atoms with van der Waals surface area (Å²) in [6.07, 6.45) is 4.13. The number of benzene rings is 1. The summed E-state index contributed by atoms with van der Waals surface area (Å²) in [5.74, 6) is 0. The lowest BCUT2D eigenvalue weighted by Gasteiger charge is -2.13. The number of halogens is 1. The summed E-state index contributed by atoms with van der Waals surface area (Å²) in [6, 6.07) is 12.2. The molecule has 2 aromatic rings. The third-order valence-electron chi connectivity index (χ3n) is 3.31. The van der Waals surface area contributed by atoms with Crippen molar-refractivity contribution in [3.63, 3.8) is 0 Å². The molecule has 0 saturated heterocycles. The SMILES string of the molecule is C[C@H](COCCOCCn1ccc(Br)c1)OCc1ccccc1. The van der Waals surface area contributed by atoms with Gasteiger partial charge in [0.2, 0.25) is 0 Å². The van der Waals surface area contributed by atoms with E-state index in [0.717, 1.165) is 11.0 Å². The highest BCUT2D eigenvalue weighted by Gasteiger charge is 2.03. The number of rotatable bonds is 11. The van der Waals surface area contributed by atoms with Crippen LogP contribution in [0.5, 0.6) is 0 Å². The minimum absolute atomic E-state index is 0.0763. The van der Waals surface area contributed by atoms with Gasteiger partial charge in [0.25, 0.3) is 0 Å². The summed E-state index contributed by atoms with van der Waals surface area (Å²) in [6.45, 7) is 5.96. The Hall–Kier alpha value is -1.14. The van der Waals surface area contributed by atoms with Crippen molar-refractivity contribution in [2.45, 2.75) is 26.2 Å². The molecule has 4 nitrogen and oxygen atoms in total. The van der Waals surface area contributed by atoms with Gasteiger partial charge in [-0.05, 0) is 34.5 Å². The lowest BCUT2D eigenvalue weighted by Crippen LogP contribution is -2.18. The predicted molar refractivity (Wildman–Crippen MR) is 94.5 cm³/mol. The van der Waals surface area contributed by atoms with Gasteiger partial charge in [-0.2, -0.15) is 0 Å². The molecule has 0 N–H and O–H groups in total. The maximum atomic E-state index is 5.74. The van der Waals surface area contributed by atoms with Crippen molar-refractivity contribution >= 4 is 15.9 Å². The van der Waals surface area contributed by atoms with E-state index in [1.54, 1.807) is 0 Å². The van der Waals surface area contributed by atoms with Crippen molar-refractivity contribution in [3.8, 4) is 0 Å². The van der Waals surface area contributed by atoms with Crippen LogP contribution in [0.1, 0.15) is 12.5 Å². The van der Waals surface area contributed by atoms with Crippen LogP contribution in [-0.2, 0) is 27.4 Å². The highest BCUT2D eigenvalue weighted by Crippen LogP contribution is 2.08. The van der Waals surface area contributed by atoms with E-state index in [9.17, 15) is 0 Å². The summed E-state index contributed by atoms with van der Waals surface area (Å²) in [5.41, 5.74) is 1.18. The Morgan fingerprint density at radius 2 is 1.83 bits per heavy atom. The Morgan fingerprint density at radius 1 is 1.04 bits per heavy atom. The fourth-order valence-electron chi connectivity index (χ4n) is 2.05. The van der Waals surface area contributed by atoms with E-state index in [1.807, 2.05) is 43.6 Å². The molecule has 0 saturated carbocycles. The summed E-state index contributed by atoms with van der Waals surface area (Å²) in [7, 11) is 0. The van der Waals surface area contributed by atoms with E-state index in [0.29, 0.717) is 33.0 Å². The average molecular weight is 382 g/mol. The molecule has 1 atom stereocenters. The van der Waals surface area contributed by atoms with Crippen molar-refractivity contribution in [3.05, 3.63) is 58.8 Å². The maximum Gasteiger partial charge on any atom is 0.0785 e. The minimum Gasteiger partial charge on any atom is -0.377 e. The number of nitrogens with zero attached hydrogens (tertiary/aromatic N) is 1. The smallest absolute Gasteiger partial charge is 0.0785 e. The van der Waals surface area contributed by atoms with E-state index in [4.69, 9.17) is 14.2 Å². The number of aromatic nitrogens is 1. The first-order chi connectivity index (χ1) is 11.2. The normalized spacial score (nSPS) is 12.4. The van der Waals surface area contributed by atoms with E-state index >= 15 is 0 Å². The molecule has 0 fully saturated rings. The topological polar surface area (TPSA) is 32.6 Å². The van der Waals surface area contributed by atoms with Crippen LogP contribution >= 0.6 is 15.9 Å². The van der Waals surface area contributed by atoms with Crippen LogP contribution in [0, 0.1) is 0 Å². The second kappa shape index (κ2) is 10.6. The zero-order valence-corrected chi connectivity index (χ0v) is 15.1. The molecule has 0 aliphatic heterocycles. The lowest BCUT2D eigenvalue weighted by atomic mass is 10.2. The molecule has 0 amide bonds. The number of ether oxygens (including phenoxy) is 3. The molecule has 0 unspecified atom stereocenters. The van der Waals surface area contributed by atoms with Crippen molar-refractivity contribution < 1.29 is 14.2 Å². The first kappa shape index (κ1) is 18.2. The van der Waals surface area contributed by atoms with Crippen molar-refractivity contribution in [1.82, 2.24) is 4.57 Å². The lowest BCUT2D eigenvalue weighted by molar-refractivity contribution is -0.0300. The molecule has 1 heterocycles. The van der Waals surface area contributed by atoms with E-state index in [2.05, 4.69) is 32.6 Å². The molecule has 5 heteroatoms. The second-order valence-corrected chi connectivity index (χ2v) is 6.28. The molecule has 0 radical (unpaired) electrons. The predicted octanol–water partition coefficient (Wildman–Crippen LogP) is 3.89. The molecular weight excluding hydrogens is 358 g/mol. The van der Waals surface area contributed by atoms with Gasteiger partial charge in [0.1, 0.15) is 0 Å². The minimum atomic E-state index is 0.0763. The molecule has 1 aromatic heterocycles. The molecule has 0 spiro atoms. The van der Waals surface area contributed by atoms with Gasteiger partial charge in [0, 0.05) is 23.4 Å². The summed E-state index contributed by atoms with van der Waals surface area (Å²) in [5, 5.41) is 0. The first-order valence-corrected chi connectivity index (χ1v) is 8.65. The van der Waals surface area contributed by atoms with E-state index < -0.39 is 0 Å². The Bertz CT molecular complexity index is 544. The van der Waals surface area contributed by atoms with Gasteiger partial charge in [-0.25, -0.2) is 0 Å². The number of hydrogen-bond acceptors (Lipinski definition) is 3. The molecule has 1 aromatic carbocycles. The largest absolute Gasteiger partial charge is 0.377 e. The van der Waals surface area contributed by atoms with Gasteiger partial charge >= 0.3 is 0 Å². The van der Waals surface area contributed by atoms with Crippen LogP contribution in [-0.4, -0.2) is 37.1 Å². The van der Waals surface area contributed by atoms with E-state index in [-0.39, 0.29) is 6.10 Å². The van der Waals surface area contributed by atoms with Crippen molar-refractivity contribution in [2.24, 2.45) is 0 Å². The van der Waals surface area contributed by atoms with Crippen LogP contribution in [0.4, 0.5) is 0 Å².